The average Bonchev–Trinajstić information content (AvgIpc) is 3.23. The first kappa shape index (κ1) is 27.3. The fourth-order valence-corrected chi connectivity index (χ4v) is 7.49. The molecule has 2 amide bonds. The number of hydrogen-bond acceptors (Lipinski definition) is 5. The van der Waals surface area contributed by atoms with Gasteiger partial charge in [-0.2, -0.15) is 0 Å². The Labute approximate surface area is 221 Å². The SMILES string of the molecule is CC(C)N(C)[C@@H]1CC[C@H](N2CC[C@H](NC(=O)Cc3ccccc3)C2=O)[C@H](CS(=O)(=O)c2ccccc2)C1. The van der Waals surface area contributed by atoms with Crippen LogP contribution >= 0.6 is 0 Å². The number of carbonyl (C=O) groups is 2. The zero-order valence-electron chi connectivity index (χ0n) is 22.0. The Hall–Kier alpha value is -2.71. The number of hydrogen-bond donors (Lipinski definition) is 1. The van der Waals surface area contributed by atoms with E-state index in [1.807, 2.05) is 41.3 Å². The van der Waals surface area contributed by atoms with E-state index in [-0.39, 0.29) is 42.0 Å². The van der Waals surface area contributed by atoms with Crippen LogP contribution in [0.15, 0.2) is 65.6 Å². The Morgan fingerprint density at radius 3 is 2.32 bits per heavy atom. The highest BCUT2D eigenvalue weighted by atomic mass is 32.2. The lowest BCUT2D eigenvalue weighted by atomic mass is 9.81. The van der Waals surface area contributed by atoms with Crippen LogP contribution in [-0.2, 0) is 25.8 Å². The van der Waals surface area contributed by atoms with Gasteiger partial charge in [-0.05, 0) is 70.2 Å². The van der Waals surface area contributed by atoms with E-state index in [2.05, 4.69) is 31.1 Å². The number of likely N-dealkylation sites (tertiary alicyclic amines) is 1. The van der Waals surface area contributed by atoms with Gasteiger partial charge in [0.15, 0.2) is 9.84 Å². The monoisotopic (exact) mass is 525 g/mol. The minimum atomic E-state index is -3.50. The number of rotatable bonds is 9. The standard InChI is InChI=1S/C29H39N3O4S/c1-21(2)31(3)24-14-15-27(23(19-24)20-37(35,36)25-12-8-5-9-13-25)32-17-16-26(29(32)34)30-28(33)18-22-10-6-4-7-11-22/h4-13,21,23-24,26-27H,14-20H2,1-3H3,(H,30,33)/t23-,24+,26-,27-/m0/s1. The molecule has 1 aliphatic heterocycles. The summed E-state index contributed by atoms with van der Waals surface area (Å²) in [5.41, 5.74) is 0.904. The van der Waals surface area contributed by atoms with Crippen LogP contribution in [0.4, 0.5) is 0 Å². The van der Waals surface area contributed by atoms with Crippen molar-refractivity contribution in [3.8, 4) is 0 Å². The van der Waals surface area contributed by atoms with E-state index < -0.39 is 15.9 Å². The first-order valence-electron chi connectivity index (χ1n) is 13.3. The van der Waals surface area contributed by atoms with Crippen molar-refractivity contribution in [2.75, 3.05) is 19.3 Å². The maximum Gasteiger partial charge on any atom is 0.245 e. The van der Waals surface area contributed by atoms with E-state index in [0.717, 1.165) is 24.8 Å². The van der Waals surface area contributed by atoms with Gasteiger partial charge < -0.3 is 15.1 Å². The molecule has 2 aliphatic rings. The van der Waals surface area contributed by atoms with Crippen LogP contribution in [0.3, 0.4) is 0 Å². The van der Waals surface area contributed by atoms with Crippen molar-refractivity contribution in [1.82, 2.24) is 15.1 Å². The van der Waals surface area contributed by atoms with Crippen molar-refractivity contribution >= 4 is 21.7 Å². The predicted molar refractivity (Wildman–Crippen MR) is 145 cm³/mol. The largest absolute Gasteiger partial charge is 0.344 e. The molecule has 2 aromatic carbocycles. The van der Waals surface area contributed by atoms with Crippen molar-refractivity contribution in [3.05, 3.63) is 66.2 Å². The number of nitrogens with zero attached hydrogens (tertiary/aromatic N) is 2. The quantitative estimate of drug-likeness (QED) is 0.543. The molecule has 200 valence electrons. The third-order valence-electron chi connectivity index (χ3n) is 8.02. The minimum Gasteiger partial charge on any atom is -0.344 e. The van der Waals surface area contributed by atoms with Gasteiger partial charge in [0.2, 0.25) is 11.8 Å². The third-order valence-corrected chi connectivity index (χ3v) is 9.88. The second-order valence-electron chi connectivity index (χ2n) is 10.8. The van der Waals surface area contributed by atoms with E-state index in [1.54, 1.807) is 24.3 Å². The Morgan fingerprint density at radius 2 is 1.68 bits per heavy atom. The van der Waals surface area contributed by atoms with Gasteiger partial charge in [0.25, 0.3) is 0 Å². The van der Waals surface area contributed by atoms with Crippen LogP contribution in [0.2, 0.25) is 0 Å². The molecular weight excluding hydrogens is 486 g/mol. The Kier molecular flexibility index (Phi) is 8.70. The minimum absolute atomic E-state index is 0.0128. The van der Waals surface area contributed by atoms with Crippen LogP contribution < -0.4 is 5.32 Å². The lowest BCUT2D eigenvalue weighted by Crippen LogP contribution is -2.53. The molecule has 1 aliphatic carbocycles. The fourth-order valence-electron chi connectivity index (χ4n) is 5.80. The first-order valence-corrected chi connectivity index (χ1v) is 14.9. The molecule has 1 saturated carbocycles. The number of amides is 2. The number of carbonyl (C=O) groups excluding carboxylic acids is 2. The summed E-state index contributed by atoms with van der Waals surface area (Å²) in [7, 11) is -1.41. The van der Waals surface area contributed by atoms with Gasteiger partial charge in [-0.25, -0.2) is 8.42 Å². The van der Waals surface area contributed by atoms with Crippen LogP contribution in [-0.4, -0.2) is 73.5 Å². The molecule has 1 N–H and O–H groups in total. The molecule has 4 atom stereocenters. The second-order valence-corrected chi connectivity index (χ2v) is 12.8. The topological polar surface area (TPSA) is 86.8 Å². The van der Waals surface area contributed by atoms with Gasteiger partial charge in [0, 0.05) is 24.7 Å². The van der Waals surface area contributed by atoms with Crippen molar-refractivity contribution in [2.45, 2.75) is 75.0 Å². The van der Waals surface area contributed by atoms with Gasteiger partial charge >= 0.3 is 0 Å². The zero-order chi connectivity index (χ0) is 26.6. The average molecular weight is 526 g/mol. The molecular formula is C29H39N3O4S. The number of benzene rings is 2. The summed E-state index contributed by atoms with van der Waals surface area (Å²) in [6, 6.07) is 18.0. The summed E-state index contributed by atoms with van der Waals surface area (Å²) in [4.78, 5) is 30.6. The summed E-state index contributed by atoms with van der Waals surface area (Å²) in [6.07, 6.45) is 3.17. The summed E-state index contributed by atoms with van der Waals surface area (Å²) in [5.74, 6) is -0.423. The molecule has 4 rings (SSSR count). The maximum atomic E-state index is 13.4. The van der Waals surface area contributed by atoms with Crippen LogP contribution in [0.1, 0.15) is 45.1 Å². The molecule has 0 spiro atoms. The zero-order valence-corrected chi connectivity index (χ0v) is 22.9. The molecule has 0 unspecified atom stereocenters. The summed E-state index contributed by atoms with van der Waals surface area (Å²) < 4.78 is 26.7. The van der Waals surface area contributed by atoms with Crippen LogP contribution in [0, 0.1) is 5.92 Å². The van der Waals surface area contributed by atoms with Gasteiger partial charge in [-0.3, -0.25) is 9.59 Å². The van der Waals surface area contributed by atoms with Gasteiger partial charge in [0.05, 0.1) is 17.1 Å². The van der Waals surface area contributed by atoms with E-state index in [4.69, 9.17) is 0 Å². The highest BCUT2D eigenvalue weighted by Crippen LogP contribution is 2.35. The van der Waals surface area contributed by atoms with Crippen molar-refractivity contribution in [2.24, 2.45) is 5.92 Å². The summed E-state index contributed by atoms with van der Waals surface area (Å²) >= 11 is 0. The molecule has 1 heterocycles. The van der Waals surface area contributed by atoms with Crippen molar-refractivity contribution < 1.29 is 18.0 Å². The van der Waals surface area contributed by atoms with E-state index in [0.29, 0.717) is 23.9 Å². The Balaban J connectivity index is 1.48. The molecule has 0 bridgehead atoms. The maximum absolute atomic E-state index is 13.4. The molecule has 7 nitrogen and oxygen atoms in total. The molecule has 2 aromatic rings. The smallest absolute Gasteiger partial charge is 0.245 e. The Morgan fingerprint density at radius 1 is 1.03 bits per heavy atom. The lowest BCUT2D eigenvalue weighted by Gasteiger charge is -2.44. The van der Waals surface area contributed by atoms with Crippen LogP contribution in [0.25, 0.3) is 0 Å². The predicted octanol–water partition coefficient (Wildman–Crippen LogP) is 3.30. The molecule has 0 radical (unpaired) electrons. The fraction of sp³-hybridized carbons (Fsp3) is 0.517. The van der Waals surface area contributed by atoms with Crippen molar-refractivity contribution in [1.29, 1.82) is 0 Å². The molecule has 1 saturated heterocycles. The van der Waals surface area contributed by atoms with E-state index in [1.165, 1.54) is 0 Å². The van der Waals surface area contributed by atoms with Gasteiger partial charge in [-0.1, -0.05) is 48.5 Å². The number of nitrogens with one attached hydrogen (secondary N) is 1. The summed E-state index contributed by atoms with van der Waals surface area (Å²) in [6.45, 7) is 4.83. The highest BCUT2D eigenvalue weighted by molar-refractivity contribution is 7.91. The summed E-state index contributed by atoms with van der Waals surface area (Å²) in [5, 5.41) is 2.92. The molecule has 0 aromatic heterocycles. The molecule has 2 fully saturated rings. The number of sulfone groups is 1. The van der Waals surface area contributed by atoms with E-state index >= 15 is 0 Å². The highest BCUT2D eigenvalue weighted by Gasteiger charge is 2.44. The molecule has 8 heteroatoms. The molecule has 37 heavy (non-hydrogen) atoms. The van der Waals surface area contributed by atoms with Crippen molar-refractivity contribution in [3.63, 3.8) is 0 Å². The Bertz CT molecular complexity index is 1170. The lowest BCUT2D eigenvalue weighted by molar-refractivity contribution is -0.135. The third kappa shape index (κ3) is 6.60. The normalized spacial score (nSPS) is 24.6. The van der Waals surface area contributed by atoms with E-state index in [9.17, 15) is 18.0 Å². The van der Waals surface area contributed by atoms with Gasteiger partial charge in [-0.15, -0.1) is 0 Å². The second kappa shape index (κ2) is 11.8. The first-order chi connectivity index (χ1) is 17.7. The van der Waals surface area contributed by atoms with Gasteiger partial charge in [0.1, 0.15) is 6.04 Å². The van der Waals surface area contributed by atoms with Crippen LogP contribution in [0.5, 0.6) is 0 Å².